The van der Waals surface area contributed by atoms with Crippen LogP contribution in [0.1, 0.15) is 83.6 Å². The van der Waals surface area contributed by atoms with Crippen molar-refractivity contribution in [3.05, 3.63) is 42.6 Å². The molecule has 1 aliphatic heterocycles. The van der Waals surface area contributed by atoms with E-state index < -0.39 is 60.3 Å². The molecule has 3 aliphatic rings. The molecule has 2 N–H and O–H groups in total. The third-order valence-corrected chi connectivity index (χ3v) is 13.5. The van der Waals surface area contributed by atoms with Crippen molar-refractivity contribution in [2.24, 2.45) is 11.3 Å². The van der Waals surface area contributed by atoms with Crippen molar-refractivity contribution < 1.29 is 47.0 Å². The first-order chi connectivity index (χ1) is 25.6. The third kappa shape index (κ3) is 8.79. The van der Waals surface area contributed by atoms with Gasteiger partial charge in [0.25, 0.3) is 0 Å². The van der Waals surface area contributed by atoms with Crippen LogP contribution in [-0.4, -0.2) is 95.3 Å². The van der Waals surface area contributed by atoms with Crippen molar-refractivity contribution in [3.63, 3.8) is 0 Å². The molecule has 1 aromatic heterocycles. The van der Waals surface area contributed by atoms with E-state index in [0.29, 0.717) is 22.4 Å². The predicted octanol–water partition coefficient (Wildman–Crippen LogP) is 6.54. The molecule has 0 bridgehead atoms. The molecule has 2 saturated carbocycles. The van der Waals surface area contributed by atoms with Crippen LogP contribution in [0, 0.1) is 11.3 Å². The lowest BCUT2D eigenvalue weighted by molar-refractivity contribution is -0.142. The van der Waals surface area contributed by atoms with Gasteiger partial charge in [0.1, 0.15) is 46.8 Å². The van der Waals surface area contributed by atoms with Crippen LogP contribution in [0.2, 0.25) is 0 Å². The van der Waals surface area contributed by atoms with Crippen molar-refractivity contribution in [2.75, 3.05) is 32.2 Å². The molecule has 2 aromatic rings. The maximum atomic E-state index is 14.7. The number of alkyl halides is 1. The van der Waals surface area contributed by atoms with Gasteiger partial charge in [0.15, 0.2) is 5.78 Å². The number of benzene rings is 1. The number of aromatic nitrogens is 1. The minimum absolute atomic E-state index is 0.0328. The molecule has 2 aliphatic carbocycles. The first kappa shape index (κ1) is 41.6. The van der Waals surface area contributed by atoms with Gasteiger partial charge in [0.2, 0.25) is 11.8 Å². The van der Waals surface area contributed by atoms with Crippen LogP contribution in [0.25, 0.3) is 10.9 Å². The largest absolute Gasteiger partial charge is 0.497 e. The second-order valence-corrected chi connectivity index (χ2v) is 17.8. The van der Waals surface area contributed by atoms with Gasteiger partial charge in [-0.15, -0.1) is 6.58 Å². The predicted molar refractivity (Wildman–Crippen MR) is 206 cm³/mol. The summed E-state index contributed by atoms with van der Waals surface area (Å²) in [5, 5.41) is 5.03. The number of halogens is 1. The lowest BCUT2D eigenvalue weighted by Crippen LogP contribution is -2.58. The highest BCUT2D eigenvalue weighted by Crippen LogP contribution is 2.72. The smallest absolute Gasteiger partial charge is 0.408 e. The number of hydrogen-bond acceptors (Lipinski definition) is 11. The Kier molecular flexibility index (Phi) is 13.2. The molecule has 16 heteroatoms. The summed E-state index contributed by atoms with van der Waals surface area (Å²) in [4.78, 5) is 61.1. The summed E-state index contributed by atoms with van der Waals surface area (Å²) in [6, 6.07) is 4.56. The summed E-state index contributed by atoms with van der Waals surface area (Å²) in [6.07, 6.45) is 3.69. The number of carbonyl (C=O) groups excluding carboxylic acids is 4. The Morgan fingerprint density at radius 1 is 1.11 bits per heavy atom. The Labute approximate surface area is 325 Å². The number of likely N-dealkylation sites (tertiary alicyclic amines) is 1. The van der Waals surface area contributed by atoms with Crippen LogP contribution >= 0.6 is 23.5 Å². The maximum Gasteiger partial charge on any atom is 0.408 e. The molecular weight excluding hydrogens is 783 g/mol. The second kappa shape index (κ2) is 17.1. The van der Waals surface area contributed by atoms with Crippen LogP contribution < -0.4 is 20.1 Å². The number of rotatable bonds is 16. The van der Waals surface area contributed by atoms with E-state index in [2.05, 4.69) is 38.1 Å². The molecule has 3 fully saturated rings. The van der Waals surface area contributed by atoms with Crippen molar-refractivity contribution in [3.8, 4) is 11.5 Å². The van der Waals surface area contributed by atoms with Gasteiger partial charge >= 0.3 is 13.7 Å². The minimum atomic E-state index is -3.89. The number of amides is 3. The molecule has 14 nitrogen and oxygen atoms in total. The number of hydrogen-bond donors (Lipinski definition) is 2. The highest BCUT2D eigenvalue weighted by molar-refractivity contribution is 9.09. The van der Waals surface area contributed by atoms with Crippen LogP contribution in [0.5, 0.6) is 11.5 Å². The number of fused-ring (bicyclic) bond motifs is 1. The molecule has 296 valence electrons. The van der Waals surface area contributed by atoms with Crippen molar-refractivity contribution in [2.45, 2.75) is 103 Å². The molecule has 5 atom stereocenters. The molecule has 2 heterocycles. The zero-order valence-electron chi connectivity index (χ0n) is 31.9. The molecule has 5 rings (SSSR count). The van der Waals surface area contributed by atoms with Crippen molar-refractivity contribution >= 4 is 58.1 Å². The number of alkyl carbamates (subject to hydrolysis) is 1. The van der Waals surface area contributed by atoms with Gasteiger partial charge in [-0.3, -0.25) is 18.9 Å². The lowest BCUT2D eigenvalue weighted by atomic mass is 9.85. The van der Waals surface area contributed by atoms with Gasteiger partial charge in [-0.1, -0.05) is 42.8 Å². The number of methoxy groups -OCH3 is 1. The Bertz CT molecular complexity index is 1790. The zero-order valence-corrected chi connectivity index (χ0v) is 34.3. The molecule has 0 spiro atoms. The van der Waals surface area contributed by atoms with E-state index in [-0.39, 0.29) is 55.5 Å². The van der Waals surface area contributed by atoms with Gasteiger partial charge < -0.3 is 38.8 Å². The summed E-state index contributed by atoms with van der Waals surface area (Å²) >= 11 is 3.22. The zero-order chi connectivity index (χ0) is 39.4. The standard InChI is InChI=1S/C38H52BrN4O10P/c1-8-23-20-38(23,54(48,50-9-2)51-10-3)42-34(45)30-18-26(52-32-19-29(31(44)21-39)40-28-17-25(49-7)15-16-27(28)32)22-43(30)35(46)33(37(4,5)6)41-36(47)53-24-13-11-12-14-24/h8,15-17,19,23-24,26,30,33H,1,9-14,18,20-22H2,2-7H3,(H,41,47)(H,42,45)/t23-,26-,30+,33-,38+/m1/s1. The summed E-state index contributed by atoms with van der Waals surface area (Å²) < 4.78 is 43.2. The van der Waals surface area contributed by atoms with E-state index in [1.54, 1.807) is 44.2 Å². The van der Waals surface area contributed by atoms with Crippen LogP contribution in [-0.2, 0) is 27.9 Å². The number of nitrogens with one attached hydrogen (secondary N) is 2. The fraction of sp³-hybridized carbons (Fsp3) is 0.605. The first-order valence-electron chi connectivity index (χ1n) is 18.5. The van der Waals surface area contributed by atoms with Crippen LogP contribution in [0.3, 0.4) is 0 Å². The van der Waals surface area contributed by atoms with E-state index in [0.717, 1.165) is 25.7 Å². The fourth-order valence-corrected chi connectivity index (χ4v) is 9.96. The fourth-order valence-electron chi connectivity index (χ4n) is 7.28. The SMILES string of the molecule is C=C[C@@H]1C[C@]1(NC(=O)[C@@H]1C[C@@H](Oc2cc(C(=O)CBr)nc3cc(OC)ccc23)CN1C(=O)[C@@H](NC(=O)OC1CCCC1)C(C)(C)C)P(=O)(OCC)OCC. The van der Waals surface area contributed by atoms with Gasteiger partial charge in [0, 0.05) is 29.9 Å². The average Bonchev–Trinajstić information content (AvgIpc) is 3.40. The van der Waals surface area contributed by atoms with Crippen LogP contribution in [0.4, 0.5) is 4.79 Å². The number of pyridine rings is 1. The summed E-state index contributed by atoms with van der Waals surface area (Å²) in [6.45, 7) is 12.8. The average molecular weight is 836 g/mol. The van der Waals surface area contributed by atoms with E-state index in [1.807, 2.05) is 20.8 Å². The molecule has 1 aromatic carbocycles. The molecular formula is C38H52BrN4O10P. The first-order valence-corrected chi connectivity index (χ1v) is 21.2. The van der Waals surface area contributed by atoms with Gasteiger partial charge in [-0.2, -0.15) is 0 Å². The maximum absolute atomic E-state index is 14.7. The Balaban J connectivity index is 1.50. The molecule has 1 saturated heterocycles. The summed E-state index contributed by atoms with van der Waals surface area (Å²) in [7, 11) is -2.36. The highest BCUT2D eigenvalue weighted by Gasteiger charge is 2.68. The summed E-state index contributed by atoms with van der Waals surface area (Å²) in [5.74, 6) is -0.900. The number of ether oxygens (including phenoxy) is 3. The number of ketones is 1. The van der Waals surface area contributed by atoms with Crippen LogP contribution in [0.15, 0.2) is 36.9 Å². The third-order valence-electron chi connectivity index (χ3n) is 10.2. The van der Waals surface area contributed by atoms with Gasteiger partial charge in [0.05, 0.1) is 37.7 Å². The number of nitrogens with zero attached hydrogens (tertiary/aromatic N) is 2. The summed E-state index contributed by atoms with van der Waals surface area (Å²) in [5.41, 5.74) is -0.167. The Morgan fingerprint density at radius 3 is 2.37 bits per heavy atom. The monoisotopic (exact) mass is 834 g/mol. The minimum Gasteiger partial charge on any atom is -0.497 e. The Hall–Kier alpha value is -3.52. The molecule has 0 unspecified atom stereocenters. The second-order valence-electron chi connectivity index (χ2n) is 15.0. The highest BCUT2D eigenvalue weighted by atomic mass is 79.9. The molecule has 3 amide bonds. The van der Waals surface area contributed by atoms with Crippen molar-refractivity contribution in [1.82, 2.24) is 20.5 Å². The molecule has 0 radical (unpaired) electrons. The number of Topliss-reactive ketones (excluding diaryl/α,β-unsaturated/α-hetero) is 1. The van der Waals surface area contributed by atoms with E-state index >= 15 is 0 Å². The topological polar surface area (TPSA) is 172 Å². The normalized spacial score (nSPS) is 23.5. The molecule has 54 heavy (non-hydrogen) atoms. The van der Waals surface area contributed by atoms with E-state index in [9.17, 15) is 23.7 Å². The quantitative estimate of drug-likeness (QED) is 0.0815. The van der Waals surface area contributed by atoms with Crippen molar-refractivity contribution in [1.29, 1.82) is 0 Å². The van der Waals surface area contributed by atoms with E-state index in [4.69, 9.17) is 23.3 Å². The number of carbonyl (C=O) groups is 4. The van der Waals surface area contributed by atoms with E-state index in [1.165, 1.54) is 12.0 Å². The lowest BCUT2D eigenvalue weighted by Gasteiger charge is -2.36. The van der Waals surface area contributed by atoms with Gasteiger partial charge in [-0.25, -0.2) is 9.78 Å². The van der Waals surface area contributed by atoms with Gasteiger partial charge in [-0.05, 0) is 63.5 Å². The Morgan fingerprint density at radius 2 is 1.80 bits per heavy atom.